The van der Waals surface area contributed by atoms with Crippen molar-refractivity contribution in [3.05, 3.63) is 35.7 Å². The lowest BCUT2D eigenvalue weighted by atomic mass is 10.2. The number of anilines is 1. The van der Waals surface area contributed by atoms with E-state index in [1.54, 1.807) is 0 Å². The first-order valence-electron chi connectivity index (χ1n) is 7.44. The summed E-state index contributed by atoms with van der Waals surface area (Å²) < 4.78 is 29.0. The molecule has 0 spiro atoms. The largest absolute Gasteiger partial charge is 0.320 e. The van der Waals surface area contributed by atoms with Crippen molar-refractivity contribution >= 4 is 23.4 Å². The zero-order valence-corrected chi connectivity index (χ0v) is 13.2. The highest BCUT2D eigenvalue weighted by Gasteiger charge is 2.17. The molecule has 0 saturated carbocycles. The van der Waals surface area contributed by atoms with Crippen molar-refractivity contribution in [1.29, 1.82) is 0 Å². The van der Waals surface area contributed by atoms with Crippen LogP contribution in [0.4, 0.5) is 14.5 Å². The molecule has 1 aromatic carbocycles. The van der Waals surface area contributed by atoms with Gasteiger partial charge < -0.3 is 9.88 Å². The van der Waals surface area contributed by atoms with Crippen molar-refractivity contribution < 1.29 is 13.6 Å². The monoisotopic (exact) mass is 338 g/mol. The molecular weight excluding hydrogens is 322 g/mol. The van der Waals surface area contributed by atoms with Gasteiger partial charge in [0.05, 0.1) is 5.75 Å². The molecule has 23 heavy (non-hydrogen) atoms. The molecule has 5 nitrogen and oxygen atoms in total. The average Bonchev–Trinajstić information content (AvgIpc) is 2.76. The summed E-state index contributed by atoms with van der Waals surface area (Å²) in [6, 6.07) is 3.45. The molecule has 2 heterocycles. The van der Waals surface area contributed by atoms with Crippen LogP contribution in [-0.4, -0.2) is 26.4 Å². The second-order valence-electron chi connectivity index (χ2n) is 5.29. The van der Waals surface area contributed by atoms with Crippen LogP contribution in [-0.2, 0) is 17.8 Å². The van der Waals surface area contributed by atoms with Crippen molar-refractivity contribution in [3.8, 4) is 0 Å². The van der Waals surface area contributed by atoms with Gasteiger partial charge in [-0.25, -0.2) is 8.78 Å². The highest BCUT2D eigenvalue weighted by atomic mass is 32.2. The molecule has 0 saturated heterocycles. The lowest BCUT2D eigenvalue weighted by molar-refractivity contribution is -0.113. The predicted molar refractivity (Wildman–Crippen MR) is 83.3 cm³/mol. The van der Waals surface area contributed by atoms with Crippen molar-refractivity contribution in [2.24, 2.45) is 0 Å². The Morgan fingerprint density at radius 1 is 1.22 bits per heavy atom. The minimum absolute atomic E-state index is 0.0197. The van der Waals surface area contributed by atoms with Crippen LogP contribution < -0.4 is 5.32 Å². The van der Waals surface area contributed by atoms with Gasteiger partial charge in [-0.2, -0.15) is 0 Å². The summed E-state index contributed by atoms with van der Waals surface area (Å²) in [6.45, 7) is 0.841. The van der Waals surface area contributed by atoms with Crippen LogP contribution in [0.15, 0.2) is 23.4 Å². The molecule has 122 valence electrons. The summed E-state index contributed by atoms with van der Waals surface area (Å²) in [5.41, 5.74) is -0.418. The number of aryl methyl sites for hydroxylation is 1. The van der Waals surface area contributed by atoms with E-state index in [0.29, 0.717) is 5.16 Å². The molecule has 1 aliphatic heterocycles. The molecule has 0 fully saturated rings. The summed E-state index contributed by atoms with van der Waals surface area (Å²) in [5.74, 6) is -1.11. The third-order valence-electron chi connectivity index (χ3n) is 3.64. The van der Waals surface area contributed by atoms with Gasteiger partial charge in [0.15, 0.2) is 5.16 Å². The van der Waals surface area contributed by atoms with E-state index in [1.807, 2.05) is 4.57 Å². The van der Waals surface area contributed by atoms with Crippen LogP contribution in [0.2, 0.25) is 0 Å². The lowest BCUT2D eigenvalue weighted by Gasteiger charge is -2.08. The number of para-hydroxylation sites is 1. The molecule has 1 aromatic heterocycles. The van der Waals surface area contributed by atoms with E-state index < -0.39 is 23.2 Å². The SMILES string of the molecule is O=C(CSc1nnc2n1CCCCC2)Nc1c(F)cccc1F. The fraction of sp³-hybridized carbons (Fsp3) is 0.400. The number of benzene rings is 1. The lowest BCUT2D eigenvalue weighted by Crippen LogP contribution is -2.16. The highest BCUT2D eigenvalue weighted by molar-refractivity contribution is 7.99. The van der Waals surface area contributed by atoms with Gasteiger partial charge in [0.1, 0.15) is 23.1 Å². The van der Waals surface area contributed by atoms with E-state index >= 15 is 0 Å². The Balaban J connectivity index is 1.63. The summed E-state index contributed by atoms with van der Waals surface area (Å²) in [7, 11) is 0. The quantitative estimate of drug-likeness (QED) is 0.871. The number of aromatic nitrogens is 3. The van der Waals surface area contributed by atoms with Crippen LogP contribution in [0.3, 0.4) is 0 Å². The number of carbonyl (C=O) groups is 1. The van der Waals surface area contributed by atoms with Crippen LogP contribution in [0, 0.1) is 11.6 Å². The van der Waals surface area contributed by atoms with E-state index in [9.17, 15) is 13.6 Å². The third kappa shape index (κ3) is 3.69. The molecule has 0 atom stereocenters. The van der Waals surface area contributed by atoms with E-state index in [0.717, 1.165) is 50.2 Å². The zero-order chi connectivity index (χ0) is 16.2. The maximum atomic E-state index is 13.5. The number of amides is 1. The molecule has 0 aliphatic carbocycles. The van der Waals surface area contributed by atoms with Crippen LogP contribution in [0.5, 0.6) is 0 Å². The molecule has 3 rings (SSSR count). The number of hydrogen-bond donors (Lipinski definition) is 1. The number of nitrogens with one attached hydrogen (secondary N) is 1. The molecule has 8 heteroatoms. The zero-order valence-electron chi connectivity index (χ0n) is 12.4. The molecule has 2 aromatic rings. The first kappa shape index (κ1) is 15.9. The van der Waals surface area contributed by atoms with Gasteiger partial charge in [0.25, 0.3) is 0 Å². The van der Waals surface area contributed by atoms with Crippen molar-refractivity contribution in [2.45, 2.75) is 37.4 Å². The van der Waals surface area contributed by atoms with Crippen molar-refractivity contribution in [2.75, 3.05) is 11.1 Å². The second kappa shape index (κ2) is 7.08. The second-order valence-corrected chi connectivity index (χ2v) is 6.24. The summed E-state index contributed by atoms with van der Waals surface area (Å²) in [4.78, 5) is 11.9. The maximum Gasteiger partial charge on any atom is 0.235 e. The van der Waals surface area contributed by atoms with Crippen molar-refractivity contribution in [1.82, 2.24) is 14.8 Å². The number of rotatable bonds is 4. The minimum Gasteiger partial charge on any atom is -0.320 e. The van der Waals surface area contributed by atoms with Gasteiger partial charge in [0.2, 0.25) is 5.91 Å². The standard InChI is InChI=1S/C15H16F2N4OS/c16-10-5-4-6-11(17)14(10)18-13(22)9-23-15-20-19-12-7-2-1-3-8-21(12)15/h4-6H,1-3,7-9H2,(H,18,22). The van der Waals surface area contributed by atoms with E-state index in [2.05, 4.69) is 15.5 Å². The van der Waals surface area contributed by atoms with Crippen LogP contribution in [0.25, 0.3) is 0 Å². The Morgan fingerprint density at radius 3 is 2.78 bits per heavy atom. The fourth-order valence-corrected chi connectivity index (χ4v) is 3.27. The highest BCUT2D eigenvalue weighted by Crippen LogP contribution is 2.23. The molecule has 1 amide bonds. The number of carbonyl (C=O) groups excluding carboxylic acids is 1. The maximum absolute atomic E-state index is 13.5. The smallest absolute Gasteiger partial charge is 0.235 e. The normalized spacial score (nSPS) is 14.2. The van der Waals surface area contributed by atoms with E-state index in [1.165, 1.54) is 17.8 Å². The third-order valence-corrected chi connectivity index (χ3v) is 4.60. The van der Waals surface area contributed by atoms with Gasteiger partial charge in [-0.1, -0.05) is 24.2 Å². The van der Waals surface area contributed by atoms with Gasteiger partial charge in [0, 0.05) is 13.0 Å². The Morgan fingerprint density at radius 2 is 2.00 bits per heavy atom. The number of nitrogens with zero attached hydrogens (tertiary/aromatic N) is 3. The predicted octanol–water partition coefficient (Wildman–Crippen LogP) is 3.01. The van der Waals surface area contributed by atoms with E-state index in [4.69, 9.17) is 0 Å². The average molecular weight is 338 g/mol. The van der Waals surface area contributed by atoms with Gasteiger partial charge in [-0.05, 0) is 25.0 Å². The van der Waals surface area contributed by atoms with Crippen molar-refractivity contribution in [3.63, 3.8) is 0 Å². The van der Waals surface area contributed by atoms with E-state index in [-0.39, 0.29) is 5.75 Å². The number of halogens is 2. The Bertz CT molecular complexity index is 699. The van der Waals surface area contributed by atoms with Gasteiger partial charge in [-0.15, -0.1) is 10.2 Å². The van der Waals surface area contributed by atoms with Crippen LogP contribution >= 0.6 is 11.8 Å². The fourth-order valence-electron chi connectivity index (χ4n) is 2.49. The Labute approximate surface area is 136 Å². The van der Waals surface area contributed by atoms with Gasteiger partial charge >= 0.3 is 0 Å². The molecular formula is C15H16F2N4OS. The topological polar surface area (TPSA) is 59.8 Å². The molecule has 0 radical (unpaired) electrons. The molecule has 0 bridgehead atoms. The Hall–Kier alpha value is -1.96. The summed E-state index contributed by atoms with van der Waals surface area (Å²) in [6.07, 6.45) is 4.20. The minimum atomic E-state index is -0.792. The Kier molecular flexibility index (Phi) is 4.90. The first-order chi connectivity index (χ1) is 11.1. The molecule has 1 N–H and O–H groups in total. The molecule has 1 aliphatic rings. The number of fused-ring (bicyclic) bond motifs is 1. The van der Waals surface area contributed by atoms with Crippen LogP contribution in [0.1, 0.15) is 25.1 Å². The first-order valence-corrected chi connectivity index (χ1v) is 8.42. The molecule has 0 unspecified atom stereocenters. The van der Waals surface area contributed by atoms with Gasteiger partial charge in [-0.3, -0.25) is 4.79 Å². The number of hydrogen-bond acceptors (Lipinski definition) is 4. The number of thioether (sulfide) groups is 1. The summed E-state index contributed by atoms with van der Waals surface area (Å²) in [5, 5.41) is 11.2. The summed E-state index contributed by atoms with van der Waals surface area (Å²) >= 11 is 1.22.